The number of hydrogen-bond acceptors (Lipinski definition) is 1. The summed E-state index contributed by atoms with van der Waals surface area (Å²) in [5.41, 5.74) is 0.844. The van der Waals surface area contributed by atoms with Crippen molar-refractivity contribution in [3.63, 3.8) is 0 Å². The molecule has 0 saturated carbocycles. The Morgan fingerprint density at radius 2 is 1.94 bits per heavy atom. The van der Waals surface area contributed by atoms with Crippen LogP contribution in [0.2, 0.25) is 0 Å². The van der Waals surface area contributed by atoms with Crippen molar-refractivity contribution in [3.8, 4) is 0 Å². The van der Waals surface area contributed by atoms with E-state index in [1.54, 1.807) is 12.1 Å². The van der Waals surface area contributed by atoms with Gasteiger partial charge >= 0.3 is 0 Å². The third kappa shape index (κ3) is 5.31. The Hall–Kier alpha value is -0.890. The second-order valence-electron chi connectivity index (χ2n) is 5.01. The van der Waals surface area contributed by atoms with E-state index >= 15 is 0 Å². The van der Waals surface area contributed by atoms with Gasteiger partial charge in [-0.15, -0.1) is 0 Å². The van der Waals surface area contributed by atoms with E-state index in [1.807, 2.05) is 12.1 Å². The van der Waals surface area contributed by atoms with E-state index in [-0.39, 0.29) is 5.82 Å². The van der Waals surface area contributed by atoms with Gasteiger partial charge in [-0.2, -0.15) is 0 Å². The summed E-state index contributed by atoms with van der Waals surface area (Å²) in [7, 11) is 0. The lowest BCUT2D eigenvalue weighted by atomic mass is 9.94. The predicted molar refractivity (Wildman–Crippen MR) is 71.6 cm³/mol. The number of halogens is 1. The third-order valence-electron chi connectivity index (χ3n) is 2.98. The Morgan fingerprint density at radius 3 is 2.53 bits per heavy atom. The average molecular weight is 237 g/mol. The first-order valence-corrected chi connectivity index (χ1v) is 6.60. The molecule has 0 aliphatic heterocycles. The topological polar surface area (TPSA) is 12.0 Å². The largest absolute Gasteiger partial charge is 0.314 e. The Balaban J connectivity index is 2.56. The van der Waals surface area contributed by atoms with Crippen molar-refractivity contribution < 1.29 is 4.39 Å². The summed E-state index contributed by atoms with van der Waals surface area (Å²) < 4.78 is 13.6. The molecule has 1 N–H and O–H groups in total. The van der Waals surface area contributed by atoms with Crippen LogP contribution in [0.4, 0.5) is 4.39 Å². The summed E-state index contributed by atoms with van der Waals surface area (Å²) in [5.74, 6) is 0.456. The van der Waals surface area contributed by atoms with Crippen molar-refractivity contribution in [2.75, 3.05) is 6.54 Å². The Bertz CT molecular complexity index is 322. The smallest absolute Gasteiger partial charge is 0.126 e. The lowest BCUT2D eigenvalue weighted by Crippen LogP contribution is -2.30. The summed E-state index contributed by atoms with van der Waals surface area (Å²) in [6, 6.07) is 7.61. The van der Waals surface area contributed by atoms with Crippen molar-refractivity contribution in [2.24, 2.45) is 5.92 Å². The van der Waals surface area contributed by atoms with Crippen LogP contribution in [0.25, 0.3) is 0 Å². The molecule has 0 spiro atoms. The van der Waals surface area contributed by atoms with Gasteiger partial charge in [-0.25, -0.2) is 4.39 Å². The van der Waals surface area contributed by atoms with Crippen molar-refractivity contribution in [3.05, 3.63) is 35.6 Å². The molecule has 1 nitrogen and oxygen atoms in total. The molecule has 0 aliphatic carbocycles. The maximum atomic E-state index is 13.6. The minimum Gasteiger partial charge on any atom is -0.314 e. The van der Waals surface area contributed by atoms with Crippen LogP contribution in [-0.2, 0) is 6.42 Å². The molecule has 96 valence electrons. The molecule has 2 heteroatoms. The fraction of sp³-hybridized carbons (Fsp3) is 0.600. The van der Waals surface area contributed by atoms with E-state index in [2.05, 4.69) is 26.1 Å². The summed E-state index contributed by atoms with van der Waals surface area (Å²) in [6.45, 7) is 7.45. The van der Waals surface area contributed by atoms with Crippen molar-refractivity contribution in [1.82, 2.24) is 5.32 Å². The first-order valence-electron chi connectivity index (χ1n) is 6.60. The molecule has 1 rings (SSSR count). The van der Waals surface area contributed by atoms with E-state index in [9.17, 15) is 4.39 Å². The second-order valence-corrected chi connectivity index (χ2v) is 5.01. The van der Waals surface area contributed by atoms with Crippen LogP contribution in [0.1, 0.15) is 39.2 Å². The van der Waals surface area contributed by atoms with E-state index < -0.39 is 0 Å². The first-order chi connectivity index (χ1) is 8.13. The van der Waals surface area contributed by atoms with Gasteiger partial charge in [-0.05, 0) is 36.9 Å². The van der Waals surface area contributed by atoms with Crippen LogP contribution in [0.3, 0.4) is 0 Å². The molecular weight excluding hydrogens is 213 g/mol. The van der Waals surface area contributed by atoms with Gasteiger partial charge in [0.15, 0.2) is 0 Å². The van der Waals surface area contributed by atoms with Crippen molar-refractivity contribution >= 4 is 0 Å². The molecular formula is C15H24FN. The number of hydrogen-bond donors (Lipinski definition) is 1. The summed E-state index contributed by atoms with van der Waals surface area (Å²) in [5, 5.41) is 3.45. The molecule has 1 aromatic rings. The number of rotatable bonds is 7. The second kappa shape index (κ2) is 7.44. The molecule has 1 aromatic carbocycles. The van der Waals surface area contributed by atoms with Crippen LogP contribution in [-0.4, -0.2) is 12.6 Å². The minimum absolute atomic E-state index is 0.0712. The van der Waals surface area contributed by atoms with Gasteiger partial charge in [0.05, 0.1) is 0 Å². The maximum absolute atomic E-state index is 13.6. The van der Waals surface area contributed by atoms with E-state index in [4.69, 9.17) is 0 Å². The van der Waals surface area contributed by atoms with Crippen LogP contribution >= 0.6 is 0 Å². The molecule has 0 aromatic heterocycles. The van der Waals surface area contributed by atoms with E-state index in [0.29, 0.717) is 12.0 Å². The highest BCUT2D eigenvalue weighted by atomic mass is 19.1. The van der Waals surface area contributed by atoms with Crippen LogP contribution < -0.4 is 5.32 Å². The van der Waals surface area contributed by atoms with Gasteiger partial charge < -0.3 is 5.32 Å². The Kier molecular flexibility index (Phi) is 6.20. The van der Waals surface area contributed by atoms with E-state index in [0.717, 1.165) is 31.4 Å². The van der Waals surface area contributed by atoms with Crippen molar-refractivity contribution in [2.45, 2.75) is 46.1 Å². The zero-order chi connectivity index (χ0) is 12.7. The van der Waals surface area contributed by atoms with Gasteiger partial charge in [-0.3, -0.25) is 0 Å². The van der Waals surface area contributed by atoms with Gasteiger partial charge in [0.25, 0.3) is 0 Å². The van der Waals surface area contributed by atoms with Crippen LogP contribution in [0.5, 0.6) is 0 Å². The predicted octanol–water partition coefficient (Wildman–Crippen LogP) is 3.78. The third-order valence-corrected chi connectivity index (χ3v) is 2.98. The maximum Gasteiger partial charge on any atom is 0.126 e. The molecule has 0 heterocycles. The lowest BCUT2D eigenvalue weighted by Gasteiger charge is -2.19. The molecule has 0 aliphatic rings. The van der Waals surface area contributed by atoms with Crippen molar-refractivity contribution in [1.29, 1.82) is 0 Å². The lowest BCUT2D eigenvalue weighted by molar-refractivity contribution is 0.413. The summed E-state index contributed by atoms with van der Waals surface area (Å²) in [4.78, 5) is 0. The summed E-state index contributed by atoms with van der Waals surface area (Å²) >= 11 is 0. The van der Waals surface area contributed by atoms with Gasteiger partial charge in [0.2, 0.25) is 0 Å². The fourth-order valence-corrected chi connectivity index (χ4v) is 2.06. The molecule has 1 unspecified atom stereocenters. The van der Waals surface area contributed by atoms with Crippen LogP contribution in [0.15, 0.2) is 24.3 Å². The summed E-state index contributed by atoms with van der Waals surface area (Å²) in [6.07, 6.45) is 3.13. The quantitative estimate of drug-likeness (QED) is 0.761. The molecule has 0 saturated heterocycles. The van der Waals surface area contributed by atoms with Gasteiger partial charge in [-0.1, -0.05) is 45.4 Å². The molecule has 0 fully saturated rings. The first kappa shape index (κ1) is 14.2. The molecule has 0 radical (unpaired) electrons. The fourth-order valence-electron chi connectivity index (χ4n) is 2.06. The molecule has 0 bridgehead atoms. The molecule has 1 atom stereocenters. The monoisotopic (exact) mass is 237 g/mol. The van der Waals surface area contributed by atoms with Gasteiger partial charge in [0.1, 0.15) is 5.82 Å². The highest BCUT2D eigenvalue weighted by Crippen LogP contribution is 2.16. The van der Waals surface area contributed by atoms with Crippen LogP contribution in [0, 0.1) is 11.7 Å². The highest BCUT2D eigenvalue weighted by Gasteiger charge is 2.11. The normalized spacial score (nSPS) is 13.0. The molecule has 0 amide bonds. The Labute approximate surface area is 104 Å². The highest BCUT2D eigenvalue weighted by molar-refractivity contribution is 5.17. The minimum atomic E-state index is -0.0712. The Morgan fingerprint density at radius 1 is 1.24 bits per heavy atom. The SMILES string of the molecule is CCCC(CNC(C)C)Cc1ccccc1F. The zero-order valence-corrected chi connectivity index (χ0v) is 11.2. The standard InChI is InChI=1S/C15H24FN/c1-4-7-13(11-17-12(2)3)10-14-8-5-6-9-15(14)16/h5-6,8-9,12-13,17H,4,7,10-11H2,1-3H3. The number of benzene rings is 1. The zero-order valence-electron chi connectivity index (χ0n) is 11.2. The number of nitrogens with one attached hydrogen (secondary N) is 1. The average Bonchev–Trinajstić information content (AvgIpc) is 2.29. The van der Waals surface area contributed by atoms with E-state index in [1.165, 1.54) is 0 Å². The molecule has 17 heavy (non-hydrogen) atoms. The van der Waals surface area contributed by atoms with Gasteiger partial charge in [0, 0.05) is 6.04 Å².